The van der Waals surface area contributed by atoms with E-state index in [2.05, 4.69) is 9.88 Å². The third kappa shape index (κ3) is 9.61. The Morgan fingerprint density at radius 3 is 2.28 bits per heavy atom. The number of benzene rings is 1. The molecular weight excluding hydrogens is 496 g/mol. The van der Waals surface area contributed by atoms with Gasteiger partial charge in [-0.3, -0.25) is 19.2 Å². The lowest BCUT2D eigenvalue weighted by molar-refractivity contribution is -0.697. The number of aromatic nitrogens is 1. The highest BCUT2D eigenvalue weighted by molar-refractivity contribution is 8.13. The van der Waals surface area contributed by atoms with E-state index < -0.39 is 23.8 Å². The maximum Gasteiger partial charge on any atom is 0.253 e. The maximum absolute atomic E-state index is 12.7. The molecular formula is C22H27BrN4O4S. The Morgan fingerprint density at radius 2 is 1.62 bits per heavy atom. The highest BCUT2D eigenvalue weighted by atomic mass is 79.9. The smallest absolute Gasteiger partial charge is 0.253 e. The minimum Gasteiger partial charge on any atom is -1.00 e. The number of amides is 3. The molecule has 10 heteroatoms. The normalized spacial score (nSPS) is 11.1. The summed E-state index contributed by atoms with van der Waals surface area (Å²) in [6.07, 6.45) is 5.88. The van der Waals surface area contributed by atoms with Crippen molar-refractivity contribution >= 4 is 34.6 Å². The van der Waals surface area contributed by atoms with Crippen molar-refractivity contribution in [2.45, 2.75) is 49.6 Å². The molecule has 1 atom stereocenters. The van der Waals surface area contributed by atoms with Gasteiger partial charge in [0.2, 0.25) is 11.8 Å². The Morgan fingerprint density at radius 1 is 0.938 bits per heavy atom. The number of carbonyl (C=O) groups excluding carboxylic acids is 4. The number of nitrogens with two attached hydrogens (primary N) is 2. The number of halogens is 1. The van der Waals surface area contributed by atoms with Crippen molar-refractivity contribution in [1.82, 2.24) is 5.32 Å². The Balaban J connectivity index is 0.00000512. The van der Waals surface area contributed by atoms with Crippen LogP contribution in [0.25, 0.3) is 0 Å². The standard InChI is InChI=1S/C22H26N4O4S.BrH/c23-19(27)12-11-17(21(24)29)25-22(30)16-8-2-3-9-18(16)31-20(28)10-4-7-15-26-13-5-1-6-14-26;/h1-3,5-6,8-9,13-14,17H,4,7,10-12,15H2,(H4-,23,24,25,27,29,30);1H. The van der Waals surface area contributed by atoms with Crippen LogP contribution in [-0.2, 0) is 20.9 Å². The summed E-state index contributed by atoms with van der Waals surface area (Å²) in [5.74, 6) is -1.88. The fourth-order valence-corrected chi connectivity index (χ4v) is 3.78. The molecule has 172 valence electrons. The van der Waals surface area contributed by atoms with Gasteiger partial charge in [0.25, 0.3) is 5.91 Å². The predicted molar refractivity (Wildman–Crippen MR) is 117 cm³/mol. The van der Waals surface area contributed by atoms with Gasteiger partial charge in [-0.1, -0.05) is 30.0 Å². The summed E-state index contributed by atoms with van der Waals surface area (Å²) in [7, 11) is 0. The molecule has 0 aliphatic carbocycles. The number of aryl methyl sites for hydroxylation is 1. The van der Waals surface area contributed by atoms with Crippen molar-refractivity contribution in [2.75, 3.05) is 0 Å². The van der Waals surface area contributed by atoms with Gasteiger partial charge in [0.05, 0.1) is 5.56 Å². The second kappa shape index (κ2) is 14.4. The number of hydrogen-bond acceptors (Lipinski definition) is 5. The fraction of sp³-hybridized carbons (Fsp3) is 0.318. The van der Waals surface area contributed by atoms with Crippen LogP contribution in [0.1, 0.15) is 42.5 Å². The minimum atomic E-state index is -1.02. The van der Waals surface area contributed by atoms with E-state index in [0.29, 0.717) is 11.3 Å². The van der Waals surface area contributed by atoms with Crippen molar-refractivity contribution < 1.29 is 40.7 Å². The molecule has 32 heavy (non-hydrogen) atoms. The zero-order valence-electron chi connectivity index (χ0n) is 17.5. The van der Waals surface area contributed by atoms with E-state index in [1.807, 2.05) is 30.6 Å². The summed E-state index contributed by atoms with van der Waals surface area (Å²) in [6, 6.07) is 11.5. The Bertz CT molecular complexity index is 927. The molecule has 0 aliphatic rings. The summed E-state index contributed by atoms with van der Waals surface area (Å²) in [4.78, 5) is 48.1. The van der Waals surface area contributed by atoms with Crippen LogP contribution >= 0.6 is 11.8 Å². The number of pyridine rings is 1. The Kier molecular flexibility index (Phi) is 12.3. The van der Waals surface area contributed by atoms with Crippen molar-refractivity contribution in [2.24, 2.45) is 11.5 Å². The molecule has 2 aromatic rings. The molecule has 2 rings (SSSR count). The molecule has 0 bridgehead atoms. The maximum atomic E-state index is 12.7. The summed E-state index contributed by atoms with van der Waals surface area (Å²) in [6.45, 7) is 0.831. The summed E-state index contributed by atoms with van der Waals surface area (Å²) in [5.41, 5.74) is 10.7. The number of primary amides is 2. The fourth-order valence-electron chi connectivity index (χ4n) is 2.87. The Labute approximate surface area is 201 Å². The van der Waals surface area contributed by atoms with Crippen molar-refractivity contribution in [3.8, 4) is 0 Å². The number of hydrogen-bond donors (Lipinski definition) is 3. The molecule has 8 nitrogen and oxygen atoms in total. The highest BCUT2D eigenvalue weighted by Gasteiger charge is 2.22. The average molecular weight is 523 g/mol. The number of rotatable bonds is 12. The van der Waals surface area contributed by atoms with Crippen LogP contribution in [0, 0.1) is 0 Å². The van der Waals surface area contributed by atoms with E-state index in [1.165, 1.54) is 0 Å². The van der Waals surface area contributed by atoms with Crippen LogP contribution < -0.4 is 38.3 Å². The van der Waals surface area contributed by atoms with Crippen LogP contribution in [0.3, 0.4) is 0 Å². The largest absolute Gasteiger partial charge is 1.00 e. The van der Waals surface area contributed by atoms with E-state index in [1.54, 1.807) is 24.3 Å². The van der Waals surface area contributed by atoms with E-state index >= 15 is 0 Å². The molecule has 5 N–H and O–H groups in total. The van der Waals surface area contributed by atoms with Gasteiger partial charge in [0, 0.05) is 36.3 Å². The molecule has 0 radical (unpaired) electrons. The molecule has 0 saturated carbocycles. The van der Waals surface area contributed by atoms with Crippen LogP contribution in [0.4, 0.5) is 0 Å². The van der Waals surface area contributed by atoms with Crippen LogP contribution in [0.15, 0.2) is 59.8 Å². The first-order valence-corrected chi connectivity index (χ1v) is 10.8. The third-order valence-corrected chi connectivity index (χ3v) is 5.52. The molecule has 0 fully saturated rings. The van der Waals surface area contributed by atoms with Gasteiger partial charge < -0.3 is 33.8 Å². The number of nitrogens with one attached hydrogen (secondary N) is 1. The lowest BCUT2D eigenvalue weighted by Crippen LogP contribution is -3.00. The van der Waals surface area contributed by atoms with Gasteiger partial charge in [-0.2, -0.15) is 0 Å². The quantitative estimate of drug-likeness (QED) is 0.173. The lowest BCUT2D eigenvalue weighted by atomic mass is 10.1. The van der Waals surface area contributed by atoms with E-state index in [-0.39, 0.29) is 40.5 Å². The van der Waals surface area contributed by atoms with Crippen LogP contribution in [0.5, 0.6) is 0 Å². The van der Waals surface area contributed by atoms with Gasteiger partial charge in [-0.25, -0.2) is 4.57 Å². The molecule has 1 unspecified atom stereocenters. The molecule has 0 aliphatic heterocycles. The van der Waals surface area contributed by atoms with Crippen molar-refractivity contribution in [3.05, 3.63) is 60.4 Å². The van der Waals surface area contributed by atoms with Crippen molar-refractivity contribution in [1.29, 1.82) is 0 Å². The topological polar surface area (TPSA) is 136 Å². The molecule has 3 amide bonds. The molecule has 1 aromatic carbocycles. The van der Waals surface area contributed by atoms with E-state index in [9.17, 15) is 19.2 Å². The first kappa shape index (κ1) is 27.3. The molecule has 1 aromatic heterocycles. The van der Waals surface area contributed by atoms with Gasteiger partial charge in [0.15, 0.2) is 17.5 Å². The predicted octanol–water partition coefficient (Wildman–Crippen LogP) is -1.68. The first-order chi connectivity index (χ1) is 14.9. The number of nitrogens with zero attached hydrogens (tertiary/aromatic N) is 1. The zero-order valence-corrected chi connectivity index (χ0v) is 19.9. The van der Waals surface area contributed by atoms with Gasteiger partial charge in [-0.15, -0.1) is 0 Å². The molecule has 0 saturated heterocycles. The van der Waals surface area contributed by atoms with Crippen LogP contribution in [0.2, 0.25) is 0 Å². The first-order valence-electron chi connectivity index (χ1n) is 9.99. The number of thioether (sulfide) groups is 1. The van der Waals surface area contributed by atoms with Gasteiger partial charge in [0.1, 0.15) is 12.6 Å². The average Bonchev–Trinajstić information content (AvgIpc) is 2.75. The molecule has 0 spiro atoms. The Hall–Kier alpha value is -2.72. The number of unbranched alkanes of at least 4 members (excludes halogenated alkanes) is 1. The summed E-state index contributed by atoms with van der Waals surface area (Å²) in [5, 5.41) is 2.48. The minimum absolute atomic E-state index is 0. The van der Waals surface area contributed by atoms with Crippen molar-refractivity contribution in [3.63, 3.8) is 0 Å². The summed E-state index contributed by atoms with van der Waals surface area (Å²) < 4.78 is 2.06. The monoisotopic (exact) mass is 522 g/mol. The summed E-state index contributed by atoms with van der Waals surface area (Å²) >= 11 is 1.00. The number of carbonyl (C=O) groups is 4. The second-order valence-corrected chi connectivity index (χ2v) is 8.07. The van der Waals surface area contributed by atoms with Gasteiger partial charge in [-0.05, 0) is 25.0 Å². The SMILES string of the molecule is NC(=O)CCC(NC(=O)c1ccccc1SC(=O)CCCC[n+]1ccccc1)C(N)=O.[Br-]. The highest BCUT2D eigenvalue weighted by Crippen LogP contribution is 2.25. The molecule has 1 heterocycles. The van der Waals surface area contributed by atoms with Crippen LogP contribution in [-0.4, -0.2) is 28.9 Å². The zero-order chi connectivity index (χ0) is 22.6. The lowest BCUT2D eigenvalue weighted by Gasteiger charge is -2.16. The van der Waals surface area contributed by atoms with Gasteiger partial charge >= 0.3 is 0 Å². The second-order valence-electron chi connectivity index (χ2n) is 6.97. The van der Waals surface area contributed by atoms with E-state index in [4.69, 9.17) is 11.5 Å². The third-order valence-electron chi connectivity index (χ3n) is 4.51. The van der Waals surface area contributed by atoms with E-state index in [0.717, 1.165) is 31.1 Å².